The average Bonchev–Trinajstić information content (AvgIpc) is 3.94. The number of benzene rings is 4. The van der Waals surface area contributed by atoms with Gasteiger partial charge in [0.25, 0.3) is 0 Å². The molecule has 0 spiro atoms. The molecule has 336 valence electrons. The molecule has 0 N–H and O–H groups in total. The van der Waals surface area contributed by atoms with Crippen molar-refractivity contribution in [3.63, 3.8) is 0 Å². The van der Waals surface area contributed by atoms with Gasteiger partial charge in [0.1, 0.15) is 0 Å². The van der Waals surface area contributed by atoms with E-state index in [0.717, 1.165) is 46.6 Å². The molecule has 4 aliphatic carbocycles. The van der Waals surface area contributed by atoms with Crippen molar-refractivity contribution in [2.24, 2.45) is 23.7 Å². The van der Waals surface area contributed by atoms with Gasteiger partial charge in [0.15, 0.2) is 0 Å². The van der Waals surface area contributed by atoms with Crippen LogP contribution >= 0.6 is 0 Å². The molecule has 4 aromatic carbocycles. The predicted octanol–water partition coefficient (Wildman–Crippen LogP) is 18.7. The molecule has 0 amide bonds. The van der Waals surface area contributed by atoms with E-state index in [4.69, 9.17) is 0 Å². The van der Waals surface area contributed by atoms with E-state index in [2.05, 4.69) is 135 Å². The van der Waals surface area contributed by atoms with Crippen LogP contribution in [0.5, 0.6) is 0 Å². The third-order valence-corrected chi connectivity index (χ3v) is 21.2. The summed E-state index contributed by atoms with van der Waals surface area (Å²) in [4.78, 5) is 0. The average molecular weight is 921 g/mol. The van der Waals surface area contributed by atoms with Crippen molar-refractivity contribution in [1.82, 2.24) is 0 Å². The molecule has 0 aromatic heterocycles. The fraction of sp³-hybridized carbons (Fsp3) is 0.525. The standard InChI is InChI=1S/C35H50Si.C16H18.2C2H6.4CH3.Zr/c1-3-4-25-36(2,34-23-21-30-28(17-11-19-32(30)34)26-13-7-5-8-14-26)35-24-22-31-29(18-12-20-33(31)35)27-15-9-6-10-16-27;1-3-9-15(10-4-1)13-7-8-14-16-11-5-2-6-12-16;2*1-2;;;;;/h5-10,13-16,28-35H,3-4,11-12,17-25H2,1-2H3;1-6,9-12H,7-8,13-14H2;2*1-2H3;4*1H3;/q;;;;4*-1;+4. The van der Waals surface area contributed by atoms with Gasteiger partial charge in [-0.25, -0.2) is 0 Å². The van der Waals surface area contributed by atoms with Gasteiger partial charge < -0.3 is 29.7 Å². The number of fused-ring (bicyclic) bond motifs is 2. The Balaban J connectivity index is 0.00000123. The van der Waals surface area contributed by atoms with Crippen molar-refractivity contribution in [2.45, 2.75) is 173 Å². The topological polar surface area (TPSA) is 0 Å². The molecular weight excluding hydrogens is 828 g/mol. The van der Waals surface area contributed by atoms with E-state index in [9.17, 15) is 0 Å². The van der Waals surface area contributed by atoms with Crippen LogP contribution in [0.1, 0.15) is 159 Å². The Bertz CT molecular complexity index is 1470. The SMILES string of the molecule is CC.CC.CCCC[Si](C)(C1CCC2C(c3ccccc3)CCCC21)C1CCC2C(c3ccccc3)CCCC21.[CH3-].[CH3-].[CH3-].[CH3-].[Zr+4].c1ccc(CCCCc2ccccc2)cc1. The molecule has 0 heterocycles. The Hall–Kier alpha value is -2.02. The van der Waals surface area contributed by atoms with Crippen LogP contribution in [-0.4, -0.2) is 8.07 Å². The minimum absolute atomic E-state index is 0. The second-order valence-electron chi connectivity index (χ2n) is 17.7. The first-order valence-electron chi connectivity index (χ1n) is 23.8. The van der Waals surface area contributed by atoms with Gasteiger partial charge in [-0.05, 0) is 120 Å². The van der Waals surface area contributed by atoms with E-state index in [1.54, 1.807) is 42.9 Å². The van der Waals surface area contributed by atoms with E-state index >= 15 is 0 Å². The minimum atomic E-state index is -1.38. The fourth-order valence-corrected chi connectivity index (χ4v) is 19.5. The van der Waals surface area contributed by atoms with Crippen molar-refractivity contribution in [1.29, 1.82) is 0 Å². The van der Waals surface area contributed by atoms with E-state index in [1.165, 1.54) is 88.2 Å². The number of aryl methyl sites for hydroxylation is 2. The summed E-state index contributed by atoms with van der Waals surface area (Å²) in [7, 11) is -1.38. The van der Waals surface area contributed by atoms with Crippen LogP contribution in [0.25, 0.3) is 0 Å². The first-order valence-corrected chi connectivity index (χ1v) is 26.7. The Kier molecular flexibility index (Phi) is 30.7. The largest absolute Gasteiger partial charge is 4.00 e. The van der Waals surface area contributed by atoms with Gasteiger partial charge in [-0.2, -0.15) is 0 Å². The quantitative estimate of drug-likeness (QED) is 0.0755. The van der Waals surface area contributed by atoms with Crippen molar-refractivity contribution >= 4 is 8.07 Å². The van der Waals surface area contributed by atoms with Crippen molar-refractivity contribution in [2.75, 3.05) is 0 Å². The summed E-state index contributed by atoms with van der Waals surface area (Å²) < 4.78 is 0. The van der Waals surface area contributed by atoms with Gasteiger partial charge in [0, 0.05) is 0 Å². The molecule has 8 unspecified atom stereocenters. The summed E-state index contributed by atoms with van der Waals surface area (Å²) in [5.41, 5.74) is 8.42. The zero-order valence-corrected chi connectivity index (χ0v) is 44.6. The van der Waals surface area contributed by atoms with Crippen LogP contribution in [0.15, 0.2) is 121 Å². The molecule has 61 heavy (non-hydrogen) atoms. The van der Waals surface area contributed by atoms with Gasteiger partial charge in [-0.1, -0.05) is 220 Å². The second kappa shape index (κ2) is 31.8. The number of hydrogen-bond acceptors (Lipinski definition) is 0. The molecule has 0 nitrogen and oxygen atoms in total. The zero-order chi connectivity index (χ0) is 39.6. The maximum atomic E-state index is 2.96. The van der Waals surface area contributed by atoms with E-state index in [-0.39, 0.29) is 55.9 Å². The third-order valence-electron chi connectivity index (χ3n) is 15.0. The first-order chi connectivity index (χ1) is 27.7. The summed E-state index contributed by atoms with van der Waals surface area (Å²) >= 11 is 0. The fourth-order valence-electron chi connectivity index (χ4n) is 12.6. The summed E-state index contributed by atoms with van der Waals surface area (Å²) in [6, 6.07) is 46.4. The molecule has 8 rings (SSSR count). The van der Waals surface area contributed by atoms with Crippen LogP contribution in [0.4, 0.5) is 0 Å². The summed E-state index contributed by atoms with van der Waals surface area (Å²) in [5.74, 6) is 5.69. The van der Waals surface area contributed by atoms with Crippen LogP contribution < -0.4 is 0 Å². The molecule has 4 saturated carbocycles. The van der Waals surface area contributed by atoms with Gasteiger partial charge in [-0.15, -0.1) is 0 Å². The van der Waals surface area contributed by atoms with Crippen LogP contribution in [0, 0.1) is 53.4 Å². The second-order valence-corrected chi connectivity index (χ2v) is 22.7. The van der Waals surface area contributed by atoms with E-state index in [0.29, 0.717) is 0 Å². The Labute approximate surface area is 401 Å². The van der Waals surface area contributed by atoms with E-state index in [1.807, 2.05) is 27.7 Å². The number of hydrogen-bond donors (Lipinski definition) is 0. The normalized spacial score (nSPS) is 25.1. The van der Waals surface area contributed by atoms with Crippen LogP contribution in [-0.2, 0) is 39.0 Å². The third kappa shape index (κ3) is 15.6. The van der Waals surface area contributed by atoms with Gasteiger partial charge >= 0.3 is 26.2 Å². The van der Waals surface area contributed by atoms with E-state index < -0.39 is 8.07 Å². The Morgan fingerprint density at radius 2 is 0.770 bits per heavy atom. The maximum absolute atomic E-state index is 2.96. The number of rotatable bonds is 12. The molecular formula is C59H92SiZr. The molecule has 8 atom stereocenters. The maximum Gasteiger partial charge on any atom is 4.00 e. The van der Waals surface area contributed by atoms with Crippen LogP contribution in [0.2, 0.25) is 23.7 Å². The summed E-state index contributed by atoms with van der Waals surface area (Å²) in [6.07, 6.45) is 23.0. The van der Waals surface area contributed by atoms with Gasteiger partial charge in [0.2, 0.25) is 0 Å². The monoisotopic (exact) mass is 919 g/mol. The Morgan fingerprint density at radius 1 is 0.426 bits per heavy atom. The summed E-state index contributed by atoms with van der Waals surface area (Å²) in [6.45, 7) is 13.4. The Morgan fingerprint density at radius 3 is 1.11 bits per heavy atom. The number of unbranched alkanes of at least 4 members (excludes halogenated alkanes) is 2. The molecule has 0 aliphatic heterocycles. The first kappa shape index (κ1) is 59.0. The molecule has 0 saturated heterocycles. The summed E-state index contributed by atoms with van der Waals surface area (Å²) in [5, 5.41) is 0. The molecule has 4 fully saturated rings. The van der Waals surface area contributed by atoms with Crippen molar-refractivity contribution < 1.29 is 26.2 Å². The molecule has 0 radical (unpaired) electrons. The van der Waals surface area contributed by atoms with Crippen molar-refractivity contribution in [3.05, 3.63) is 173 Å². The predicted molar refractivity (Wildman–Crippen MR) is 275 cm³/mol. The zero-order valence-electron chi connectivity index (χ0n) is 41.2. The van der Waals surface area contributed by atoms with Crippen molar-refractivity contribution in [3.8, 4) is 0 Å². The van der Waals surface area contributed by atoms with Crippen LogP contribution in [0.3, 0.4) is 0 Å². The molecule has 2 heteroatoms. The molecule has 0 bridgehead atoms. The molecule has 4 aromatic rings. The minimum Gasteiger partial charge on any atom is -0.358 e. The molecule has 4 aliphatic rings. The van der Waals surface area contributed by atoms with Gasteiger partial charge in [0.05, 0.1) is 8.07 Å². The smallest absolute Gasteiger partial charge is 0.358 e. The van der Waals surface area contributed by atoms with Gasteiger partial charge in [-0.3, -0.25) is 0 Å².